The quantitative estimate of drug-likeness (QED) is 0.547. The van der Waals surface area contributed by atoms with Gasteiger partial charge >= 0.3 is 0 Å². The second-order valence-corrected chi connectivity index (χ2v) is 4.08. The molecule has 0 saturated carbocycles. The van der Waals surface area contributed by atoms with Crippen LogP contribution in [0.25, 0.3) is 0 Å². The van der Waals surface area contributed by atoms with Crippen molar-refractivity contribution in [3.8, 4) is 0 Å². The van der Waals surface area contributed by atoms with E-state index in [-0.39, 0.29) is 17.7 Å². The van der Waals surface area contributed by atoms with Crippen molar-refractivity contribution in [1.82, 2.24) is 10.6 Å². The van der Waals surface area contributed by atoms with E-state index in [2.05, 4.69) is 10.6 Å². The molecule has 0 aliphatic carbocycles. The Morgan fingerprint density at radius 1 is 1.73 bits per heavy atom. The summed E-state index contributed by atoms with van der Waals surface area (Å²) >= 11 is 0. The fraction of sp³-hybridized carbons (Fsp3) is 0.833. The molecule has 0 radical (unpaired) electrons. The molecule has 64 valence electrons. The van der Waals surface area contributed by atoms with E-state index in [1.165, 1.54) is 6.26 Å². The monoisotopic (exact) mass is 176 g/mol. The zero-order valence-corrected chi connectivity index (χ0v) is 7.24. The zero-order chi connectivity index (χ0) is 8.27. The number of hydrogen-bond acceptors (Lipinski definition) is 3. The van der Waals surface area contributed by atoms with Crippen LogP contribution in [0.2, 0.25) is 0 Å². The van der Waals surface area contributed by atoms with E-state index in [1.807, 2.05) is 0 Å². The molecular weight excluding hydrogens is 164 g/mol. The summed E-state index contributed by atoms with van der Waals surface area (Å²) < 4.78 is 10.6. The Kier molecular flexibility index (Phi) is 3.02. The minimum absolute atomic E-state index is 0.114. The number of hydrogen-bond donors (Lipinski definition) is 2. The highest BCUT2D eigenvalue weighted by Crippen LogP contribution is 1.90. The minimum Gasteiger partial charge on any atom is -0.350 e. The Bertz CT molecular complexity index is 179. The predicted molar refractivity (Wildman–Crippen MR) is 43.7 cm³/mol. The van der Waals surface area contributed by atoms with Gasteiger partial charge in [-0.15, -0.1) is 0 Å². The van der Waals surface area contributed by atoms with Crippen molar-refractivity contribution < 1.29 is 9.00 Å². The van der Waals surface area contributed by atoms with Crippen LogP contribution < -0.4 is 10.6 Å². The lowest BCUT2D eigenvalue weighted by Crippen LogP contribution is -2.57. The Balaban J connectivity index is 2.14. The first kappa shape index (κ1) is 8.67. The van der Waals surface area contributed by atoms with Crippen LogP contribution in [0.5, 0.6) is 0 Å². The maximum atomic E-state index is 10.9. The normalized spacial score (nSPS) is 20.5. The van der Waals surface area contributed by atoms with Gasteiger partial charge in [0.05, 0.1) is 6.04 Å². The van der Waals surface area contributed by atoms with Gasteiger partial charge in [-0.3, -0.25) is 9.00 Å². The molecule has 4 nitrogen and oxygen atoms in total. The van der Waals surface area contributed by atoms with E-state index in [1.54, 1.807) is 0 Å². The van der Waals surface area contributed by atoms with Gasteiger partial charge in [0.2, 0.25) is 5.91 Å². The summed E-state index contributed by atoms with van der Waals surface area (Å²) in [5.41, 5.74) is 0. The number of carbonyl (C=O) groups is 1. The van der Waals surface area contributed by atoms with Crippen LogP contribution >= 0.6 is 0 Å². The summed E-state index contributed by atoms with van der Waals surface area (Å²) in [5, 5.41) is 5.78. The van der Waals surface area contributed by atoms with Crippen molar-refractivity contribution in [1.29, 1.82) is 0 Å². The molecular formula is C6H12N2O2S. The molecule has 0 aromatic heterocycles. The summed E-state index contributed by atoms with van der Waals surface area (Å²) in [6.07, 6.45) is 1.53. The molecule has 1 unspecified atom stereocenters. The van der Waals surface area contributed by atoms with Gasteiger partial charge in [-0.25, -0.2) is 0 Å². The lowest BCUT2D eigenvalue weighted by Gasteiger charge is -2.27. The predicted octanol–water partition coefficient (Wildman–Crippen LogP) is -1.55. The molecule has 1 amide bonds. The van der Waals surface area contributed by atoms with E-state index < -0.39 is 10.8 Å². The molecule has 1 aliphatic heterocycles. The maximum Gasteiger partial charge on any atom is 0.232 e. The molecule has 1 fully saturated rings. The van der Waals surface area contributed by atoms with Crippen molar-refractivity contribution in [2.75, 3.05) is 25.1 Å². The fourth-order valence-electron chi connectivity index (χ4n) is 0.845. The highest BCUT2D eigenvalue weighted by atomic mass is 32.2. The second-order valence-electron chi connectivity index (χ2n) is 2.64. The first-order chi connectivity index (χ1) is 5.18. The van der Waals surface area contributed by atoms with Crippen molar-refractivity contribution in [2.24, 2.45) is 0 Å². The lowest BCUT2D eigenvalue weighted by atomic mass is 10.2. The van der Waals surface area contributed by atoms with E-state index in [0.717, 1.165) is 13.1 Å². The van der Waals surface area contributed by atoms with Crippen LogP contribution in [0.15, 0.2) is 0 Å². The van der Waals surface area contributed by atoms with Crippen LogP contribution in [0, 0.1) is 0 Å². The minimum atomic E-state index is -1.02. The van der Waals surface area contributed by atoms with Crippen molar-refractivity contribution >= 4 is 16.7 Å². The van der Waals surface area contributed by atoms with Gasteiger partial charge in [0.1, 0.15) is 5.75 Å². The molecule has 1 heterocycles. The highest BCUT2D eigenvalue weighted by Gasteiger charge is 2.18. The Morgan fingerprint density at radius 2 is 2.36 bits per heavy atom. The summed E-state index contributed by atoms with van der Waals surface area (Å²) in [5.74, 6) is 0.00795. The molecule has 0 spiro atoms. The van der Waals surface area contributed by atoms with Gasteiger partial charge < -0.3 is 10.6 Å². The molecule has 2 N–H and O–H groups in total. The average Bonchev–Trinajstić information content (AvgIpc) is 1.77. The molecule has 1 rings (SSSR count). The topological polar surface area (TPSA) is 58.2 Å². The van der Waals surface area contributed by atoms with E-state index in [9.17, 15) is 9.00 Å². The first-order valence-electron chi connectivity index (χ1n) is 3.48. The summed E-state index contributed by atoms with van der Waals surface area (Å²) in [7, 11) is -1.02. The van der Waals surface area contributed by atoms with Gasteiger partial charge in [-0.05, 0) is 0 Å². The summed E-state index contributed by atoms with van der Waals surface area (Å²) in [6.45, 7) is 1.67. The maximum absolute atomic E-state index is 10.9. The van der Waals surface area contributed by atoms with E-state index >= 15 is 0 Å². The van der Waals surface area contributed by atoms with Crippen LogP contribution in [0.1, 0.15) is 0 Å². The molecule has 1 atom stereocenters. The van der Waals surface area contributed by atoms with Crippen LogP contribution in [-0.4, -0.2) is 41.3 Å². The molecule has 5 heteroatoms. The van der Waals surface area contributed by atoms with Crippen LogP contribution in [0.4, 0.5) is 0 Å². The van der Waals surface area contributed by atoms with Crippen LogP contribution in [-0.2, 0) is 15.6 Å². The van der Waals surface area contributed by atoms with Crippen molar-refractivity contribution in [3.63, 3.8) is 0 Å². The standard InChI is InChI=1S/C6H12N2O2S/c1-11(10)4-6(9)8-5-2-7-3-5/h5,7H,2-4H2,1H3,(H,8,9). The fourth-order valence-corrected chi connectivity index (χ4v) is 1.30. The second kappa shape index (κ2) is 3.82. The first-order valence-corrected chi connectivity index (χ1v) is 5.21. The zero-order valence-electron chi connectivity index (χ0n) is 6.42. The lowest BCUT2D eigenvalue weighted by molar-refractivity contribution is -0.119. The smallest absolute Gasteiger partial charge is 0.232 e. The molecule has 0 bridgehead atoms. The van der Waals surface area contributed by atoms with E-state index in [4.69, 9.17) is 0 Å². The van der Waals surface area contributed by atoms with Crippen molar-refractivity contribution in [2.45, 2.75) is 6.04 Å². The number of rotatable bonds is 3. The average molecular weight is 176 g/mol. The molecule has 11 heavy (non-hydrogen) atoms. The SMILES string of the molecule is CS(=O)CC(=O)NC1CNC1. The van der Waals surface area contributed by atoms with E-state index in [0.29, 0.717) is 0 Å². The van der Waals surface area contributed by atoms with Gasteiger partial charge in [-0.1, -0.05) is 0 Å². The third-order valence-electron chi connectivity index (χ3n) is 1.48. The van der Waals surface area contributed by atoms with Gasteiger partial charge in [0.15, 0.2) is 0 Å². The highest BCUT2D eigenvalue weighted by molar-refractivity contribution is 7.85. The molecule has 0 aromatic carbocycles. The molecule has 0 aromatic rings. The number of nitrogens with one attached hydrogen (secondary N) is 2. The Hall–Kier alpha value is -0.420. The van der Waals surface area contributed by atoms with Gasteiger partial charge in [0.25, 0.3) is 0 Å². The Labute approximate surface area is 68.2 Å². The largest absolute Gasteiger partial charge is 0.350 e. The Morgan fingerprint density at radius 3 is 2.73 bits per heavy atom. The molecule has 1 aliphatic rings. The van der Waals surface area contributed by atoms with Gasteiger partial charge in [0, 0.05) is 30.1 Å². The third kappa shape index (κ3) is 2.98. The van der Waals surface area contributed by atoms with Crippen molar-refractivity contribution in [3.05, 3.63) is 0 Å². The number of carbonyl (C=O) groups excluding carboxylic acids is 1. The summed E-state index contributed by atoms with van der Waals surface area (Å²) in [6, 6.07) is 0.256. The third-order valence-corrected chi connectivity index (χ3v) is 2.15. The molecule has 1 saturated heterocycles. The van der Waals surface area contributed by atoms with Gasteiger partial charge in [-0.2, -0.15) is 0 Å². The van der Waals surface area contributed by atoms with Crippen LogP contribution in [0.3, 0.4) is 0 Å². The summed E-state index contributed by atoms with van der Waals surface area (Å²) in [4.78, 5) is 10.9. The number of amides is 1.